The number of aryl methyl sites for hydroxylation is 2. The van der Waals surface area contributed by atoms with E-state index in [9.17, 15) is 4.79 Å². The lowest BCUT2D eigenvalue weighted by atomic mass is 10.1. The van der Waals surface area contributed by atoms with Gasteiger partial charge >= 0.3 is 0 Å². The maximum absolute atomic E-state index is 12.3. The van der Waals surface area contributed by atoms with Gasteiger partial charge in [-0.25, -0.2) is 4.98 Å². The SMILES string of the molecule is Cc1cccc(-c2ccc(C(=O)NCCCn3ccnc3C(C)C)cn2)c1. The Morgan fingerprint density at radius 2 is 2.04 bits per heavy atom. The molecule has 3 rings (SSSR count). The van der Waals surface area contributed by atoms with Crippen LogP contribution in [0.4, 0.5) is 0 Å². The van der Waals surface area contributed by atoms with Gasteiger partial charge in [-0.1, -0.05) is 37.6 Å². The van der Waals surface area contributed by atoms with E-state index in [2.05, 4.69) is 52.8 Å². The highest BCUT2D eigenvalue weighted by Gasteiger charge is 2.09. The molecule has 140 valence electrons. The summed E-state index contributed by atoms with van der Waals surface area (Å²) in [5.74, 6) is 1.39. The summed E-state index contributed by atoms with van der Waals surface area (Å²) < 4.78 is 2.15. The number of hydrogen-bond acceptors (Lipinski definition) is 3. The minimum absolute atomic E-state index is 0.0898. The molecule has 27 heavy (non-hydrogen) atoms. The number of carbonyl (C=O) groups is 1. The van der Waals surface area contributed by atoms with Crippen LogP contribution in [0.15, 0.2) is 55.0 Å². The van der Waals surface area contributed by atoms with Crippen LogP contribution in [0, 0.1) is 6.92 Å². The topological polar surface area (TPSA) is 59.8 Å². The van der Waals surface area contributed by atoms with Crippen molar-refractivity contribution in [2.75, 3.05) is 6.54 Å². The minimum Gasteiger partial charge on any atom is -0.352 e. The Kier molecular flexibility index (Phi) is 6.01. The molecule has 0 spiro atoms. The van der Waals surface area contributed by atoms with Gasteiger partial charge < -0.3 is 9.88 Å². The molecule has 0 bridgehead atoms. The molecule has 0 atom stereocenters. The van der Waals surface area contributed by atoms with Crippen molar-refractivity contribution in [3.8, 4) is 11.3 Å². The molecule has 5 heteroatoms. The largest absolute Gasteiger partial charge is 0.352 e. The monoisotopic (exact) mass is 362 g/mol. The molecule has 1 N–H and O–H groups in total. The lowest BCUT2D eigenvalue weighted by molar-refractivity contribution is 0.0952. The van der Waals surface area contributed by atoms with Gasteiger partial charge in [0.25, 0.3) is 5.91 Å². The van der Waals surface area contributed by atoms with Crippen LogP contribution >= 0.6 is 0 Å². The van der Waals surface area contributed by atoms with Crippen LogP contribution in [0.1, 0.15) is 47.9 Å². The summed E-state index contributed by atoms with van der Waals surface area (Å²) in [6.45, 7) is 7.79. The van der Waals surface area contributed by atoms with E-state index < -0.39 is 0 Å². The summed E-state index contributed by atoms with van der Waals surface area (Å²) >= 11 is 0. The number of carbonyl (C=O) groups excluding carboxylic acids is 1. The van der Waals surface area contributed by atoms with Crippen LogP contribution in [-0.4, -0.2) is 27.0 Å². The molecule has 2 heterocycles. The number of nitrogens with zero attached hydrogens (tertiary/aromatic N) is 3. The summed E-state index contributed by atoms with van der Waals surface area (Å²) in [6, 6.07) is 11.9. The van der Waals surface area contributed by atoms with Crippen molar-refractivity contribution in [2.45, 2.75) is 39.7 Å². The number of aromatic nitrogens is 3. The highest BCUT2D eigenvalue weighted by molar-refractivity contribution is 5.94. The number of nitrogens with one attached hydrogen (secondary N) is 1. The van der Waals surface area contributed by atoms with Crippen LogP contribution in [0.2, 0.25) is 0 Å². The zero-order valence-corrected chi connectivity index (χ0v) is 16.1. The van der Waals surface area contributed by atoms with Gasteiger partial charge in [0.2, 0.25) is 0 Å². The van der Waals surface area contributed by atoms with Crippen molar-refractivity contribution in [2.24, 2.45) is 0 Å². The van der Waals surface area contributed by atoms with Crippen LogP contribution in [0.25, 0.3) is 11.3 Å². The molecule has 2 aromatic heterocycles. The average molecular weight is 362 g/mol. The van der Waals surface area contributed by atoms with Gasteiger partial charge in [0.05, 0.1) is 11.3 Å². The normalized spacial score (nSPS) is 11.0. The average Bonchev–Trinajstić information content (AvgIpc) is 3.14. The van der Waals surface area contributed by atoms with Gasteiger partial charge in [-0.3, -0.25) is 9.78 Å². The molecule has 0 radical (unpaired) electrons. The third-order valence-corrected chi connectivity index (χ3v) is 4.46. The first-order valence-corrected chi connectivity index (χ1v) is 9.37. The highest BCUT2D eigenvalue weighted by atomic mass is 16.1. The zero-order valence-electron chi connectivity index (χ0n) is 16.1. The number of pyridine rings is 1. The van der Waals surface area contributed by atoms with E-state index in [1.54, 1.807) is 6.20 Å². The van der Waals surface area contributed by atoms with Gasteiger partial charge in [0, 0.05) is 43.2 Å². The van der Waals surface area contributed by atoms with Gasteiger partial charge in [-0.05, 0) is 31.5 Å². The number of amides is 1. The molecule has 5 nitrogen and oxygen atoms in total. The Hall–Kier alpha value is -2.95. The van der Waals surface area contributed by atoms with Crippen LogP contribution in [0.3, 0.4) is 0 Å². The number of benzene rings is 1. The van der Waals surface area contributed by atoms with Crippen LogP contribution < -0.4 is 5.32 Å². The molecule has 0 unspecified atom stereocenters. The molecule has 0 aliphatic carbocycles. The van der Waals surface area contributed by atoms with Crippen molar-refractivity contribution in [1.29, 1.82) is 0 Å². The molecule has 3 aromatic rings. The minimum atomic E-state index is -0.0898. The fraction of sp³-hybridized carbons (Fsp3) is 0.318. The van der Waals surface area contributed by atoms with Crippen molar-refractivity contribution >= 4 is 5.91 Å². The molecule has 0 fully saturated rings. The Morgan fingerprint density at radius 1 is 1.19 bits per heavy atom. The molecule has 1 aromatic carbocycles. The molecule has 1 amide bonds. The third-order valence-electron chi connectivity index (χ3n) is 4.46. The zero-order chi connectivity index (χ0) is 19.2. The smallest absolute Gasteiger partial charge is 0.252 e. The van der Waals surface area contributed by atoms with E-state index in [0.29, 0.717) is 18.0 Å². The Balaban J connectivity index is 1.52. The molecule has 0 saturated carbocycles. The number of hydrogen-bond donors (Lipinski definition) is 1. The summed E-state index contributed by atoms with van der Waals surface area (Å²) in [4.78, 5) is 21.1. The van der Waals surface area contributed by atoms with Crippen molar-refractivity contribution in [3.63, 3.8) is 0 Å². The van der Waals surface area contributed by atoms with Crippen LogP contribution in [-0.2, 0) is 6.54 Å². The number of rotatable bonds is 7. The standard InChI is InChI=1S/C22H26N4O/c1-16(2)21-23-11-13-26(21)12-5-10-24-22(27)19-8-9-20(25-15-19)18-7-4-6-17(3)14-18/h4,6-9,11,13-16H,5,10,12H2,1-3H3,(H,24,27). The predicted molar refractivity (Wildman–Crippen MR) is 108 cm³/mol. The molecule has 0 aliphatic rings. The van der Waals surface area contributed by atoms with Crippen LogP contribution in [0.5, 0.6) is 0 Å². The molecule has 0 aliphatic heterocycles. The first-order chi connectivity index (χ1) is 13.0. The second-order valence-corrected chi connectivity index (χ2v) is 7.04. The summed E-state index contributed by atoms with van der Waals surface area (Å²) in [5, 5.41) is 2.97. The number of imidazole rings is 1. The van der Waals surface area contributed by atoms with E-state index in [0.717, 1.165) is 30.0 Å². The Labute approximate surface area is 160 Å². The van der Waals surface area contributed by atoms with E-state index in [4.69, 9.17) is 0 Å². The lowest BCUT2D eigenvalue weighted by Gasteiger charge is -2.11. The molecule has 0 saturated heterocycles. The maximum Gasteiger partial charge on any atom is 0.252 e. The first-order valence-electron chi connectivity index (χ1n) is 9.37. The Bertz CT molecular complexity index is 897. The van der Waals surface area contributed by atoms with E-state index in [1.165, 1.54) is 5.56 Å². The Morgan fingerprint density at radius 3 is 2.74 bits per heavy atom. The maximum atomic E-state index is 12.3. The third kappa shape index (κ3) is 4.82. The van der Waals surface area contributed by atoms with Gasteiger partial charge in [-0.2, -0.15) is 0 Å². The van der Waals surface area contributed by atoms with E-state index in [1.807, 2.05) is 36.7 Å². The summed E-state index contributed by atoms with van der Waals surface area (Å²) in [7, 11) is 0. The predicted octanol–water partition coefficient (Wildman–Crippen LogP) is 4.20. The van der Waals surface area contributed by atoms with E-state index >= 15 is 0 Å². The molecular formula is C22H26N4O. The van der Waals surface area contributed by atoms with Gasteiger partial charge in [-0.15, -0.1) is 0 Å². The van der Waals surface area contributed by atoms with Crippen molar-refractivity contribution < 1.29 is 4.79 Å². The molecular weight excluding hydrogens is 336 g/mol. The fourth-order valence-electron chi connectivity index (χ4n) is 3.07. The fourth-order valence-corrected chi connectivity index (χ4v) is 3.07. The van der Waals surface area contributed by atoms with Gasteiger partial charge in [0.1, 0.15) is 5.82 Å². The summed E-state index contributed by atoms with van der Waals surface area (Å²) in [6.07, 6.45) is 6.32. The quantitative estimate of drug-likeness (QED) is 0.641. The second kappa shape index (κ2) is 8.62. The first kappa shape index (κ1) is 18.8. The van der Waals surface area contributed by atoms with Crippen molar-refractivity contribution in [3.05, 3.63) is 71.9 Å². The van der Waals surface area contributed by atoms with E-state index in [-0.39, 0.29) is 5.91 Å². The highest BCUT2D eigenvalue weighted by Crippen LogP contribution is 2.18. The second-order valence-electron chi connectivity index (χ2n) is 7.04. The lowest BCUT2D eigenvalue weighted by Crippen LogP contribution is -2.25. The van der Waals surface area contributed by atoms with Crippen molar-refractivity contribution in [1.82, 2.24) is 19.9 Å². The van der Waals surface area contributed by atoms with Gasteiger partial charge in [0.15, 0.2) is 0 Å². The summed E-state index contributed by atoms with van der Waals surface area (Å²) in [5.41, 5.74) is 3.70.